The molecule has 1 aliphatic rings. The Hall–Kier alpha value is -2.47. The zero-order chi connectivity index (χ0) is 20.1. The third-order valence-corrected chi connectivity index (χ3v) is 5.33. The fourth-order valence-electron chi connectivity index (χ4n) is 3.58. The first-order chi connectivity index (χ1) is 13.3. The second-order valence-corrected chi connectivity index (χ2v) is 8.51. The zero-order valence-electron chi connectivity index (χ0n) is 17.0. The van der Waals surface area contributed by atoms with Crippen molar-refractivity contribution in [3.05, 3.63) is 63.8 Å². The van der Waals surface area contributed by atoms with Gasteiger partial charge < -0.3 is 15.2 Å². The van der Waals surface area contributed by atoms with Crippen LogP contribution >= 0.6 is 0 Å². The molecule has 1 amide bonds. The summed E-state index contributed by atoms with van der Waals surface area (Å²) in [5.41, 5.74) is 0.831. The second kappa shape index (κ2) is 8.69. The molecule has 1 fully saturated rings. The van der Waals surface area contributed by atoms with Gasteiger partial charge in [-0.3, -0.25) is 9.59 Å². The molecule has 0 bridgehead atoms. The van der Waals surface area contributed by atoms with Crippen molar-refractivity contribution in [1.82, 2.24) is 20.2 Å². The van der Waals surface area contributed by atoms with E-state index < -0.39 is 0 Å². The highest BCUT2D eigenvalue weighted by Gasteiger charge is 2.21. The van der Waals surface area contributed by atoms with Crippen LogP contribution in [0.5, 0.6) is 0 Å². The van der Waals surface area contributed by atoms with E-state index in [0.29, 0.717) is 18.3 Å². The van der Waals surface area contributed by atoms with Gasteiger partial charge in [-0.2, -0.15) is 0 Å². The zero-order valence-corrected chi connectivity index (χ0v) is 17.0. The Kier molecular flexibility index (Phi) is 6.29. The van der Waals surface area contributed by atoms with Gasteiger partial charge in [-0.05, 0) is 37.4 Å². The third kappa shape index (κ3) is 5.07. The topological polar surface area (TPSA) is 78.1 Å². The number of likely N-dealkylation sites (tertiary alicyclic amines) is 1. The van der Waals surface area contributed by atoms with E-state index in [0.717, 1.165) is 32.5 Å². The molecule has 2 heterocycles. The molecule has 0 spiro atoms. The van der Waals surface area contributed by atoms with E-state index in [1.807, 2.05) is 20.8 Å². The Morgan fingerprint density at radius 3 is 2.50 bits per heavy atom. The van der Waals surface area contributed by atoms with Gasteiger partial charge in [-0.15, -0.1) is 0 Å². The highest BCUT2D eigenvalue weighted by Crippen LogP contribution is 2.27. The molecule has 3 rings (SSSR count). The van der Waals surface area contributed by atoms with Crippen LogP contribution in [0.2, 0.25) is 0 Å². The standard InChI is InChI=1S/C22H30N4O2/c1-22(2,3)21-24-15-18(20(28)25-21)19(27)23-11-14-26-12-9-17(10-13-26)16-7-5-4-6-8-16/h4-8,15,17H,9-14H2,1-3H3,(H,23,27)(H,24,25,28). The first-order valence-corrected chi connectivity index (χ1v) is 10.00. The van der Waals surface area contributed by atoms with Crippen molar-refractivity contribution in [1.29, 1.82) is 0 Å². The fraction of sp³-hybridized carbons (Fsp3) is 0.500. The number of rotatable bonds is 5. The molecular formula is C22H30N4O2. The molecule has 6 nitrogen and oxygen atoms in total. The molecule has 150 valence electrons. The minimum atomic E-state index is -0.388. The van der Waals surface area contributed by atoms with E-state index in [9.17, 15) is 9.59 Å². The van der Waals surface area contributed by atoms with E-state index in [2.05, 4.69) is 50.5 Å². The number of hydrogen-bond acceptors (Lipinski definition) is 4. The number of aromatic nitrogens is 2. The summed E-state index contributed by atoms with van der Waals surface area (Å²) in [7, 11) is 0. The van der Waals surface area contributed by atoms with Crippen LogP contribution in [0.15, 0.2) is 41.3 Å². The molecular weight excluding hydrogens is 352 g/mol. The molecule has 1 aliphatic heterocycles. The lowest BCUT2D eigenvalue weighted by Gasteiger charge is -2.32. The number of hydrogen-bond donors (Lipinski definition) is 2. The summed E-state index contributed by atoms with van der Waals surface area (Å²) in [6.45, 7) is 9.26. The van der Waals surface area contributed by atoms with Gasteiger partial charge in [-0.25, -0.2) is 4.98 Å². The van der Waals surface area contributed by atoms with Gasteiger partial charge in [0.15, 0.2) is 0 Å². The summed E-state index contributed by atoms with van der Waals surface area (Å²) in [6, 6.07) is 10.7. The molecule has 0 atom stereocenters. The highest BCUT2D eigenvalue weighted by atomic mass is 16.2. The summed E-state index contributed by atoms with van der Waals surface area (Å²) in [6.07, 6.45) is 3.64. The van der Waals surface area contributed by atoms with Crippen molar-refractivity contribution < 1.29 is 4.79 Å². The van der Waals surface area contributed by atoms with Crippen LogP contribution < -0.4 is 10.9 Å². The van der Waals surface area contributed by atoms with Gasteiger partial charge in [-0.1, -0.05) is 51.1 Å². The second-order valence-electron chi connectivity index (χ2n) is 8.51. The first-order valence-electron chi connectivity index (χ1n) is 10.00. The number of piperidine rings is 1. The number of nitrogens with one attached hydrogen (secondary N) is 2. The van der Waals surface area contributed by atoms with E-state index in [1.54, 1.807) is 0 Å². The van der Waals surface area contributed by atoms with Crippen molar-refractivity contribution in [2.45, 2.75) is 44.9 Å². The maximum absolute atomic E-state index is 12.3. The predicted molar refractivity (Wildman–Crippen MR) is 111 cm³/mol. The summed E-state index contributed by atoms with van der Waals surface area (Å²) >= 11 is 0. The van der Waals surface area contributed by atoms with Gasteiger partial charge in [0.2, 0.25) is 0 Å². The van der Waals surface area contributed by atoms with Crippen molar-refractivity contribution in [3.63, 3.8) is 0 Å². The number of benzene rings is 1. The molecule has 2 aromatic rings. The predicted octanol–water partition coefficient (Wildman–Crippen LogP) is 2.68. The first kappa shape index (κ1) is 20.3. The third-order valence-electron chi connectivity index (χ3n) is 5.33. The summed E-state index contributed by atoms with van der Waals surface area (Å²) in [4.78, 5) is 33.8. The van der Waals surface area contributed by atoms with Gasteiger partial charge in [0.25, 0.3) is 11.5 Å². The molecule has 1 aromatic carbocycles. The Labute approximate surface area is 166 Å². The lowest BCUT2D eigenvalue weighted by atomic mass is 9.89. The average Bonchev–Trinajstić information content (AvgIpc) is 2.68. The fourth-order valence-corrected chi connectivity index (χ4v) is 3.58. The molecule has 2 N–H and O–H groups in total. The molecule has 28 heavy (non-hydrogen) atoms. The smallest absolute Gasteiger partial charge is 0.263 e. The van der Waals surface area contributed by atoms with Gasteiger partial charge in [0.05, 0.1) is 0 Å². The Bertz CT molecular complexity index is 847. The Morgan fingerprint density at radius 2 is 1.89 bits per heavy atom. The van der Waals surface area contributed by atoms with Gasteiger partial charge >= 0.3 is 0 Å². The molecule has 0 saturated carbocycles. The lowest BCUT2D eigenvalue weighted by Crippen LogP contribution is -2.40. The highest BCUT2D eigenvalue weighted by molar-refractivity contribution is 5.93. The van der Waals surface area contributed by atoms with Crippen LogP contribution in [0.4, 0.5) is 0 Å². The van der Waals surface area contributed by atoms with Gasteiger partial charge in [0, 0.05) is 24.7 Å². The van der Waals surface area contributed by atoms with Crippen LogP contribution in [-0.2, 0) is 5.41 Å². The van der Waals surface area contributed by atoms with Crippen molar-refractivity contribution in [2.24, 2.45) is 0 Å². The maximum Gasteiger partial charge on any atom is 0.263 e. The number of amides is 1. The van der Waals surface area contributed by atoms with E-state index in [4.69, 9.17) is 0 Å². The van der Waals surface area contributed by atoms with Gasteiger partial charge in [0.1, 0.15) is 11.4 Å². The minimum Gasteiger partial charge on any atom is -0.351 e. The number of H-pyrrole nitrogens is 1. The lowest BCUT2D eigenvalue weighted by molar-refractivity contribution is 0.0943. The summed E-state index contributed by atoms with van der Waals surface area (Å²) < 4.78 is 0. The van der Waals surface area contributed by atoms with E-state index in [1.165, 1.54) is 11.8 Å². The molecule has 6 heteroatoms. The van der Waals surface area contributed by atoms with E-state index >= 15 is 0 Å². The van der Waals surface area contributed by atoms with Crippen molar-refractivity contribution >= 4 is 5.91 Å². The van der Waals surface area contributed by atoms with Crippen LogP contribution in [0.1, 0.15) is 61.3 Å². The van der Waals surface area contributed by atoms with Crippen molar-refractivity contribution in [3.8, 4) is 0 Å². The molecule has 1 aromatic heterocycles. The normalized spacial score (nSPS) is 16.1. The van der Waals surface area contributed by atoms with Crippen LogP contribution in [-0.4, -0.2) is 47.0 Å². The number of aromatic amines is 1. The van der Waals surface area contributed by atoms with Crippen LogP contribution in [0.3, 0.4) is 0 Å². The summed E-state index contributed by atoms with van der Waals surface area (Å²) in [5, 5.41) is 2.85. The molecule has 0 radical (unpaired) electrons. The monoisotopic (exact) mass is 382 g/mol. The number of nitrogens with zero attached hydrogens (tertiary/aromatic N) is 2. The maximum atomic E-state index is 12.3. The average molecular weight is 383 g/mol. The molecule has 1 saturated heterocycles. The van der Waals surface area contributed by atoms with Crippen LogP contribution in [0, 0.1) is 0 Å². The Morgan fingerprint density at radius 1 is 1.21 bits per heavy atom. The molecule has 0 unspecified atom stereocenters. The largest absolute Gasteiger partial charge is 0.351 e. The number of carbonyl (C=O) groups is 1. The van der Waals surface area contributed by atoms with Crippen molar-refractivity contribution in [2.75, 3.05) is 26.2 Å². The number of carbonyl (C=O) groups excluding carboxylic acids is 1. The van der Waals surface area contributed by atoms with E-state index in [-0.39, 0.29) is 22.4 Å². The summed E-state index contributed by atoms with van der Waals surface area (Å²) in [5.74, 6) is 0.835. The SMILES string of the molecule is CC(C)(C)c1ncc(C(=O)NCCN2CCC(c3ccccc3)CC2)c(=O)[nH]1. The quantitative estimate of drug-likeness (QED) is 0.833. The molecule has 0 aliphatic carbocycles. The Balaban J connectivity index is 1.46. The minimum absolute atomic E-state index is 0.0655. The van der Waals surface area contributed by atoms with Crippen LogP contribution in [0.25, 0.3) is 0 Å².